The first-order valence-electron chi connectivity index (χ1n) is 9.69. The number of anilines is 1. The summed E-state index contributed by atoms with van der Waals surface area (Å²) in [6.45, 7) is 3.42. The number of nitrogens with zero attached hydrogens (tertiary/aromatic N) is 2. The molecule has 1 amide bonds. The fourth-order valence-electron chi connectivity index (χ4n) is 3.33. The number of fused-ring (bicyclic) bond motifs is 1. The van der Waals surface area contributed by atoms with E-state index in [2.05, 4.69) is 55.6 Å². The topological polar surface area (TPSA) is 42.4 Å². The molecule has 4 rings (SSSR count). The molecule has 1 aromatic heterocycles. The maximum Gasteiger partial charge on any atom is 0.239 e. The summed E-state index contributed by atoms with van der Waals surface area (Å²) in [5, 5.41) is 0.770. The first kappa shape index (κ1) is 20.7. The van der Waals surface area contributed by atoms with E-state index in [1.165, 1.54) is 5.56 Å². The highest BCUT2D eigenvalue weighted by atomic mass is 32.2. The summed E-state index contributed by atoms with van der Waals surface area (Å²) < 4.78 is 6.94. The first-order valence-corrected chi connectivity index (χ1v) is 12.7. The van der Waals surface area contributed by atoms with E-state index in [9.17, 15) is 4.79 Å². The fourth-order valence-corrected chi connectivity index (χ4v) is 5.75. The molecule has 0 aliphatic carbocycles. The SMILES string of the molecule is CSc1cccc2sc(N(CC3CCCO3)C(=O)CSc3ccc(C)cc3)nc12. The molecule has 0 radical (unpaired) electrons. The van der Waals surface area contributed by atoms with E-state index in [0.717, 1.165) is 44.6 Å². The van der Waals surface area contributed by atoms with Gasteiger partial charge < -0.3 is 4.74 Å². The van der Waals surface area contributed by atoms with E-state index >= 15 is 0 Å². The summed E-state index contributed by atoms with van der Waals surface area (Å²) in [5.74, 6) is 0.469. The lowest BCUT2D eigenvalue weighted by atomic mass is 10.2. The molecule has 4 nitrogen and oxygen atoms in total. The van der Waals surface area contributed by atoms with Gasteiger partial charge in [0.1, 0.15) is 0 Å². The van der Waals surface area contributed by atoms with Gasteiger partial charge in [0, 0.05) is 16.4 Å². The summed E-state index contributed by atoms with van der Waals surface area (Å²) in [6.07, 6.45) is 4.20. The van der Waals surface area contributed by atoms with Crippen molar-refractivity contribution in [2.45, 2.75) is 35.7 Å². The molecule has 3 aromatic rings. The number of carbonyl (C=O) groups is 1. The Morgan fingerprint density at radius 1 is 1.28 bits per heavy atom. The number of aryl methyl sites for hydroxylation is 1. The van der Waals surface area contributed by atoms with Gasteiger partial charge in [-0.25, -0.2) is 4.98 Å². The van der Waals surface area contributed by atoms with Crippen LogP contribution in [0.3, 0.4) is 0 Å². The molecule has 2 heterocycles. The maximum absolute atomic E-state index is 13.2. The predicted octanol–water partition coefficient (Wildman–Crippen LogP) is 5.63. The second-order valence-electron chi connectivity index (χ2n) is 7.04. The van der Waals surface area contributed by atoms with Gasteiger partial charge >= 0.3 is 0 Å². The van der Waals surface area contributed by atoms with Gasteiger partial charge in [-0.15, -0.1) is 23.5 Å². The molecule has 0 bridgehead atoms. The van der Waals surface area contributed by atoms with Crippen LogP contribution >= 0.6 is 34.9 Å². The van der Waals surface area contributed by atoms with Gasteiger partial charge in [-0.2, -0.15) is 0 Å². The van der Waals surface area contributed by atoms with E-state index in [1.807, 2.05) is 4.90 Å². The Morgan fingerprint density at radius 3 is 2.83 bits per heavy atom. The third-order valence-electron chi connectivity index (χ3n) is 4.92. The molecule has 0 saturated carbocycles. The minimum atomic E-state index is 0.0795. The number of aromatic nitrogens is 1. The number of amides is 1. The molecular weight excluding hydrogens is 420 g/mol. The van der Waals surface area contributed by atoms with Crippen molar-refractivity contribution >= 4 is 56.1 Å². The molecule has 0 spiro atoms. The molecule has 0 N–H and O–H groups in total. The van der Waals surface area contributed by atoms with Gasteiger partial charge in [-0.3, -0.25) is 9.69 Å². The molecule has 2 aromatic carbocycles. The number of thiazole rings is 1. The Bertz CT molecular complexity index is 981. The van der Waals surface area contributed by atoms with E-state index < -0.39 is 0 Å². The highest BCUT2D eigenvalue weighted by Crippen LogP contribution is 2.35. The zero-order valence-electron chi connectivity index (χ0n) is 16.6. The van der Waals surface area contributed by atoms with Crippen LogP contribution in [0, 0.1) is 6.92 Å². The molecular formula is C22H24N2O2S3. The normalized spacial score (nSPS) is 16.4. The van der Waals surface area contributed by atoms with Crippen LogP contribution in [0.15, 0.2) is 52.3 Å². The van der Waals surface area contributed by atoms with Gasteiger partial charge in [0.15, 0.2) is 5.13 Å². The predicted molar refractivity (Wildman–Crippen MR) is 125 cm³/mol. The van der Waals surface area contributed by atoms with Gasteiger partial charge in [-0.1, -0.05) is 35.1 Å². The number of benzene rings is 2. The third kappa shape index (κ3) is 4.97. The lowest BCUT2D eigenvalue weighted by molar-refractivity contribution is -0.116. The zero-order valence-corrected chi connectivity index (χ0v) is 19.0. The van der Waals surface area contributed by atoms with Gasteiger partial charge in [0.25, 0.3) is 0 Å². The summed E-state index contributed by atoms with van der Waals surface area (Å²) >= 11 is 4.84. The van der Waals surface area contributed by atoms with Crippen LogP contribution in [0.4, 0.5) is 5.13 Å². The van der Waals surface area contributed by atoms with Crippen molar-refractivity contribution in [3.05, 3.63) is 48.0 Å². The standard InChI is InChI=1S/C22H24N2O2S3/c1-15-8-10-17(11-9-15)28-14-20(25)24(13-16-5-4-12-26-16)22-23-21-18(27-2)6-3-7-19(21)29-22/h3,6-11,16H,4-5,12-14H2,1-2H3. The molecule has 152 valence electrons. The number of rotatable bonds is 7. The molecule has 1 atom stereocenters. The van der Waals surface area contributed by atoms with Crippen molar-refractivity contribution < 1.29 is 9.53 Å². The molecule has 1 saturated heterocycles. The monoisotopic (exact) mass is 444 g/mol. The molecule has 1 aliphatic rings. The number of hydrogen-bond acceptors (Lipinski definition) is 6. The van der Waals surface area contributed by atoms with Crippen molar-refractivity contribution in [3.63, 3.8) is 0 Å². The first-order chi connectivity index (χ1) is 14.1. The molecule has 1 fully saturated rings. The van der Waals surface area contributed by atoms with Crippen LogP contribution in [0.25, 0.3) is 10.2 Å². The highest BCUT2D eigenvalue weighted by molar-refractivity contribution is 8.00. The van der Waals surface area contributed by atoms with Crippen molar-refractivity contribution in [2.24, 2.45) is 0 Å². The van der Waals surface area contributed by atoms with Crippen LogP contribution in [0.5, 0.6) is 0 Å². The minimum Gasteiger partial charge on any atom is -0.376 e. The Balaban J connectivity index is 1.57. The fraction of sp³-hybridized carbons (Fsp3) is 0.364. The lowest BCUT2D eigenvalue weighted by Crippen LogP contribution is -2.38. The Hall–Kier alpha value is -1.54. The summed E-state index contributed by atoms with van der Waals surface area (Å²) in [7, 11) is 0. The number of thioether (sulfide) groups is 2. The quantitative estimate of drug-likeness (QED) is 0.442. The largest absolute Gasteiger partial charge is 0.376 e. The van der Waals surface area contributed by atoms with Crippen LogP contribution < -0.4 is 4.90 Å². The smallest absolute Gasteiger partial charge is 0.239 e. The Morgan fingerprint density at radius 2 is 2.10 bits per heavy atom. The highest BCUT2D eigenvalue weighted by Gasteiger charge is 2.26. The van der Waals surface area contributed by atoms with Crippen molar-refractivity contribution in [1.29, 1.82) is 0 Å². The van der Waals surface area contributed by atoms with E-state index in [4.69, 9.17) is 9.72 Å². The molecule has 7 heteroatoms. The van der Waals surface area contributed by atoms with Gasteiger partial charge in [-0.05, 0) is 50.3 Å². The Kier molecular flexibility index (Phi) is 6.80. The molecule has 1 unspecified atom stereocenters. The number of hydrogen-bond donors (Lipinski definition) is 0. The third-order valence-corrected chi connectivity index (χ3v) is 7.73. The maximum atomic E-state index is 13.2. The van der Waals surface area contributed by atoms with Crippen LogP contribution in [-0.2, 0) is 9.53 Å². The van der Waals surface area contributed by atoms with E-state index in [-0.39, 0.29) is 12.0 Å². The number of para-hydroxylation sites is 1. The van der Waals surface area contributed by atoms with Crippen LogP contribution in [0.1, 0.15) is 18.4 Å². The average molecular weight is 445 g/mol. The molecule has 29 heavy (non-hydrogen) atoms. The van der Waals surface area contributed by atoms with E-state index in [0.29, 0.717) is 12.3 Å². The summed E-state index contributed by atoms with van der Waals surface area (Å²) in [6, 6.07) is 14.5. The summed E-state index contributed by atoms with van der Waals surface area (Å²) in [5.41, 5.74) is 2.20. The van der Waals surface area contributed by atoms with Gasteiger partial charge in [0.2, 0.25) is 5.91 Å². The minimum absolute atomic E-state index is 0.0795. The van der Waals surface area contributed by atoms with Crippen LogP contribution in [-0.4, -0.2) is 42.2 Å². The summed E-state index contributed by atoms with van der Waals surface area (Å²) in [4.78, 5) is 22.2. The number of carbonyl (C=O) groups excluding carboxylic acids is 1. The second kappa shape index (κ2) is 9.51. The van der Waals surface area contributed by atoms with E-state index in [1.54, 1.807) is 34.9 Å². The van der Waals surface area contributed by atoms with Crippen LogP contribution in [0.2, 0.25) is 0 Å². The second-order valence-corrected chi connectivity index (χ2v) is 9.95. The van der Waals surface area contributed by atoms with Crippen molar-refractivity contribution in [3.8, 4) is 0 Å². The van der Waals surface area contributed by atoms with Gasteiger partial charge in [0.05, 0.1) is 28.6 Å². The molecule has 1 aliphatic heterocycles. The zero-order chi connectivity index (χ0) is 20.2. The lowest BCUT2D eigenvalue weighted by Gasteiger charge is -2.23. The van der Waals surface area contributed by atoms with Crippen molar-refractivity contribution in [1.82, 2.24) is 4.98 Å². The average Bonchev–Trinajstić information content (AvgIpc) is 3.40. The van der Waals surface area contributed by atoms with Crippen molar-refractivity contribution in [2.75, 3.05) is 30.1 Å². The number of ether oxygens (including phenoxy) is 1. The Labute approximate surface area is 184 Å².